The van der Waals surface area contributed by atoms with Crippen molar-refractivity contribution in [1.29, 1.82) is 0 Å². The highest BCUT2D eigenvalue weighted by atomic mass is 16.5. The second-order valence-electron chi connectivity index (χ2n) is 7.01. The Morgan fingerprint density at radius 1 is 0.962 bits per heavy atom. The van der Waals surface area contributed by atoms with Crippen LogP contribution in [0.4, 0.5) is 11.8 Å². The summed E-state index contributed by atoms with van der Waals surface area (Å²) in [4.78, 5) is 3.84. The Morgan fingerprint density at radius 2 is 1.46 bits per heavy atom. The van der Waals surface area contributed by atoms with Crippen LogP contribution < -0.4 is 20.5 Å². The number of aromatic nitrogens is 2. The Morgan fingerprint density at radius 3 is 1.96 bits per heavy atom. The van der Waals surface area contributed by atoms with Crippen molar-refractivity contribution in [2.24, 2.45) is 0 Å². The number of nitrogens with one attached hydrogen (secondary N) is 1. The molecule has 6 nitrogen and oxygen atoms in total. The summed E-state index contributed by atoms with van der Waals surface area (Å²) < 4.78 is 5.63. The lowest BCUT2D eigenvalue weighted by molar-refractivity contribution is -0.577. The van der Waals surface area contributed by atoms with Gasteiger partial charge in [0.15, 0.2) is 0 Å². The zero-order valence-electron chi connectivity index (χ0n) is 16.8. The lowest BCUT2D eigenvalue weighted by Crippen LogP contribution is -2.35. The summed E-state index contributed by atoms with van der Waals surface area (Å²) in [5, 5.41) is 14.9. The SMILES string of the molecule is CCCCCCCCCCCCCCCNc1cc(OC)nc(N)[n+]1[O-]. The number of rotatable bonds is 16. The number of hydrogen-bond acceptors (Lipinski definition) is 5. The minimum absolute atomic E-state index is 0.0998. The van der Waals surface area contributed by atoms with Crippen molar-refractivity contribution < 1.29 is 9.47 Å². The summed E-state index contributed by atoms with van der Waals surface area (Å²) in [5.74, 6) is 0.646. The van der Waals surface area contributed by atoms with Crippen LogP contribution in [0.3, 0.4) is 0 Å². The third kappa shape index (κ3) is 9.68. The molecule has 0 bridgehead atoms. The van der Waals surface area contributed by atoms with Crippen molar-refractivity contribution in [3.05, 3.63) is 11.3 Å². The maximum absolute atomic E-state index is 11.8. The molecule has 0 aromatic carbocycles. The maximum Gasteiger partial charge on any atom is 0.347 e. The molecule has 0 unspecified atom stereocenters. The molecule has 3 N–H and O–H groups in total. The average Bonchev–Trinajstić information content (AvgIpc) is 2.65. The van der Waals surface area contributed by atoms with Gasteiger partial charge in [0.05, 0.1) is 13.2 Å². The average molecular weight is 367 g/mol. The second-order valence-corrected chi connectivity index (χ2v) is 7.01. The molecule has 0 aliphatic carbocycles. The van der Waals surface area contributed by atoms with Crippen LogP contribution in [0.25, 0.3) is 0 Å². The van der Waals surface area contributed by atoms with Crippen LogP contribution in [0.2, 0.25) is 0 Å². The largest absolute Gasteiger partial charge is 0.754 e. The summed E-state index contributed by atoms with van der Waals surface area (Å²) in [6, 6.07) is 1.58. The summed E-state index contributed by atoms with van der Waals surface area (Å²) in [7, 11) is 1.51. The topological polar surface area (TPSA) is 87.1 Å². The molecule has 0 aliphatic heterocycles. The minimum atomic E-state index is -0.0998. The van der Waals surface area contributed by atoms with Crippen LogP contribution in [-0.4, -0.2) is 18.6 Å². The predicted molar refractivity (Wildman–Crippen MR) is 108 cm³/mol. The van der Waals surface area contributed by atoms with E-state index in [4.69, 9.17) is 10.5 Å². The maximum atomic E-state index is 11.8. The molecular weight excluding hydrogens is 328 g/mol. The first-order valence-corrected chi connectivity index (χ1v) is 10.4. The molecule has 26 heavy (non-hydrogen) atoms. The number of anilines is 2. The molecule has 6 heteroatoms. The normalized spacial score (nSPS) is 10.8. The summed E-state index contributed by atoms with van der Waals surface area (Å²) >= 11 is 0. The number of unbranched alkanes of at least 4 members (excludes halogenated alkanes) is 12. The van der Waals surface area contributed by atoms with Crippen LogP contribution in [0.1, 0.15) is 90.4 Å². The van der Waals surface area contributed by atoms with Crippen molar-refractivity contribution in [2.75, 3.05) is 24.7 Å². The number of nitrogen functional groups attached to an aromatic ring is 1. The van der Waals surface area contributed by atoms with E-state index in [1.807, 2.05) is 0 Å². The van der Waals surface area contributed by atoms with E-state index in [-0.39, 0.29) is 5.95 Å². The van der Waals surface area contributed by atoms with E-state index in [9.17, 15) is 5.21 Å². The van der Waals surface area contributed by atoms with Crippen LogP contribution in [0, 0.1) is 5.21 Å². The number of nitrogens with two attached hydrogens (primary N) is 1. The van der Waals surface area contributed by atoms with Gasteiger partial charge < -0.3 is 21.0 Å². The zero-order chi connectivity index (χ0) is 19.0. The first kappa shape index (κ1) is 22.3. The Kier molecular flexibility index (Phi) is 12.4. The van der Waals surface area contributed by atoms with E-state index in [2.05, 4.69) is 17.2 Å². The first-order valence-electron chi connectivity index (χ1n) is 10.4. The van der Waals surface area contributed by atoms with Crippen LogP contribution in [0.5, 0.6) is 5.88 Å². The summed E-state index contributed by atoms with van der Waals surface area (Å²) in [6.45, 7) is 3.02. The first-order chi connectivity index (χ1) is 12.7. The molecule has 1 aromatic rings. The van der Waals surface area contributed by atoms with Gasteiger partial charge in [-0.3, -0.25) is 0 Å². The van der Waals surface area contributed by atoms with Crippen molar-refractivity contribution in [3.63, 3.8) is 0 Å². The van der Waals surface area contributed by atoms with Gasteiger partial charge in [-0.25, -0.2) is 4.73 Å². The third-order valence-corrected chi connectivity index (χ3v) is 4.71. The zero-order valence-corrected chi connectivity index (χ0v) is 16.8. The Hall–Kier alpha value is -1.72. The molecule has 0 radical (unpaired) electrons. The van der Waals surface area contributed by atoms with Gasteiger partial charge in [-0.05, 0) is 6.42 Å². The van der Waals surface area contributed by atoms with Crippen LogP contribution in [-0.2, 0) is 0 Å². The molecule has 1 rings (SSSR count). The van der Waals surface area contributed by atoms with Gasteiger partial charge in [-0.15, -0.1) is 0 Å². The monoisotopic (exact) mass is 366 g/mol. The lowest BCUT2D eigenvalue weighted by atomic mass is 10.0. The highest BCUT2D eigenvalue weighted by molar-refractivity contribution is 5.36. The van der Waals surface area contributed by atoms with E-state index >= 15 is 0 Å². The second kappa shape index (κ2) is 14.4. The Bertz CT molecular complexity index is 483. The van der Waals surface area contributed by atoms with Crippen molar-refractivity contribution in [3.8, 4) is 5.88 Å². The van der Waals surface area contributed by atoms with Crippen molar-refractivity contribution in [2.45, 2.75) is 90.4 Å². The van der Waals surface area contributed by atoms with Gasteiger partial charge in [-0.1, -0.05) is 89.0 Å². The van der Waals surface area contributed by atoms with Crippen LogP contribution in [0.15, 0.2) is 6.07 Å². The van der Waals surface area contributed by atoms with E-state index in [1.165, 1.54) is 84.2 Å². The van der Waals surface area contributed by atoms with Gasteiger partial charge in [0, 0.05) is 6.54 Å². The molecule has 150 valence electrons. The fourth-order valence-electron chi connectivity index (χ4n) is 3.08. The Labute approximate surface area is 159 Å². The van der Waals surface area contributed by atoms with Crippen molar-refractivity contribution >= 4 is 11.8 Å². The van der Waals surface area contributed by atoms with E-state index in [0.717, 1.165) is 13.0 Å². The van der Waals surface area contributed by atoms with Crippen molar-refractivity contribution in [1.82, 2.24) is 4.98 Å². The van der Waals surface area contributed by atoms with Crippen LogP contribution >= 0.6 is 0 Å². The van der Waals surface area contributed by atoms with Gasteiger partial charge in [0.1, 0.15) is 0 Å². The molecule has 0 amide bonds. The van der Waals surface area contributed by atoms with Gasteiger partial charge in [0.25, 0.3) is 5.88 Å². The standard InChI is InChI=1S/C20H38N4O2/c1-3-4-5-6-7-8-9-10-11-12-13-14-15-16-22-18-17-19(26-2)23-20(21)24(18)25/h17,22H,3-16H2,1-2H3,(H2,21,23). The fourth-order valence-corrected chi connectivity index (χ4v) is 3.08. The smallest absolute Gasteiger partial charge is 0.347 e. The number of hydrogen-bond donors (Lipinski definition) is 2. The highest BCUT2D eigenvalue weighted by Gasteiger charge is 2.10. The van der Waals surface area contributed by atoms with E-state index < -0.39 is 0 Å². The van der Waals surface area contributed by atoms with E-state index in [0.29, 0.717) is 16.4 Å². The number of ether oxygens (including phenoxy) is 1. The third-order valence-electron chi connectivity index (χ3n) is 4.71. The molecule has 0 spiro atoms. The van der Waals surface area contributed by atoms with Gasteiger partial charge in [-0.2, -0.15) is 0 Å². The molecule has 1 aromatic heterocycles. The number of nitrogens with zero attached hydrogens (tertiary/aromatic N) is 2. The molecule has 0 atom stereocenters. The lowest BCUT2D eigenvalue weighted by Gasteiger charge is -2.13. The summed E-state index contributed by atoms with van der Waals surface area (Å²) in [5.41, 5.74) is 5.57. The summed E-state index contributed by atoms with van der Waals surface area (Å²) in [6.07, 6.45) is 17.3. The molecular formula is C20H38N4O2. The molecule has 0 fully saturated rings. The molecule has 1 heterocycles. The number of methoxy groups -OCH3 is 1. The van der Waals surface area contributed by atoms with Gasteiger partial charge >= 0.3 is 5.95 Å². The minimum Gasteiger partial charge on any atom is -0.754 e. The fraction of sp³-hybridized carbons (Fsp3) is 0.800. The molecule has 0 saturated heterocycles. The quantitative estimate of drug-likeness (QED) is 0.249. The van der Waals surface area contributed by atoms with E-state index in [1.54, 1.807) is 6.07 Å². The molecule has 0 aliphatic rings. The predicted octanol–water partition coefficient (Wildman–Crippen LogP) is 4.81. The highest BCUT2D eigenvalue weighted by Crippen LogP contribution is 2.14. The van der Waals surface area contributed by atoms with Gasteiger partial charge in [0.2, 0.25) is 5.82 Å². The Balaban J connectivity index is 1.96. The molecule has 0 saturated carbocycles.